The van der Waals surface area contributed by atoms with Crippen LogP contribution in [0.4, 0.5) is 0 Å². The number of rotatable bonds is 2. The zero-order valence-electron chi connectivity index (χ0n) is 9.46. The minimum atomic E-state index is -0.657. The molecule has 1 aromatic rings. The summed E-state index contributed by atoms with van der Waals surface area (Å²) < 4.78 is 0. The summed E-state index contributed by atoms with van der Waals surface area (Å²) in [6, 6.07) is 8.44. The lowest BCUT2D eigenvalue weighted by Gasteiger charge is -2.46. The summed E-state index contributed by atoms with van der Waals surface area (Å²) in [5.74, 6) is 0.246. The van der Waals surface area contributed by atoms with Crippen LogP contribution in [0.3, 0.4) is 0 Å². The van der Waals surface area contributed by atoms with Gasteiger partial charge in [-0.25, -0.2) is 0 Å². The highest BCUT2D eigenvalue weighted by molar-refractivity contribution is 5.34. The van der Waals surface area contributed by atoms with Crippen LogP contribution in [0.15, 0.2) is 36.4 Å². The minimum absolute atomic E-state index is 0.246. The van der Waals surface area contributed by atoms with E-state index in [1.54, 1.807) is 0 Å². The van der Waals surface area contributed by atoms with Gasteiger partial charge in [0.05, 0.1) is 5.60 Å². The van der Waals surface area contributed by atoms with Crippen molar-refractivity contribution >= 4 is 0 Å². The summed E-state index contributed by atoms with van der Waals surface area (Å²) >= 11 is 0. The monoisotopic (exact) mass is 202 g/mol. The number of hydrogen-bond acceptors (Lipinski definition) is 1. The predicted molar refractivity (Wildman–Crippen MR) is 62.9 cm³/mol. The van der Waals surface area contributed by atoms with E-state index in [9.17, 15) is 5.11 Å². The first-order valence-corrected chi connectivity index (χ1v) is 5.49. The molecule has 2 unspecified atom stereocenters. The first-order valence-electron chi connectivity index (χ1n) is 5.49. The second kappa shape index (κ2) is 3.49. The molecule has 1 fully saturated rings. The maximum absolute atomic E-state index is 10.4. The Morgan fingerprint density at radius 3 is 2.40 bits per heavy atom. The Bertz CT molecular complexity index is 377. The van der Waals surface area contributed by atoms with E-state index in [1.165, 1.54) is 11.1 Å². The topological polar surface area (TPSA) is 20.2 Å². The van der Waals surface area contributed by atoms with Crippen molar-refractivity contribution in [2.45, 2.75) is 38.2 Å². The molecule has 1 heteroatoms. The highest BCUT2D eigenvalue weighted by Gasteiger charge is 2.46. The molecular weight excluding hydrogens is 184 g/mol. The lowest BCUT2D eigenvalue weighted by atomic mass is 9.63. The van der Waals surface area contributed by atoms with Crippen molar-refractivity contribution in [3.63, 3.8) is 0 Å². The second-order valence-electron chi connectivity index (χ2n) is 4.71. The van der Waals surface area contributed by atoms with Gasteiger partial charge in [-0.05, 0) is 37.8 Å². The largest absolute Gasteiger partial charge is 0.385 e. The molecule has 1 saturated carbocycles. The molecule has 0 amide bonds. The van der Waals surface area contributed by atoms with E-state index in [0.29, 0.717) is 0 Å². The molecule has 1 aromatic carbocycles. The van der Waals surface area contributed by atoms with Crippen molar-refractivity contribution in [1.82, 2.24) is 0 Å². The van der Waals surface area contributed by atoms with Gasteiger partial charge < -0.3 is 5.11 Å². The van der Waals surface area contributed by atoms with Gasteiger partial charge in [-0.3, -0.25) is 0 Å². The third-order valence-electron chi connectivity index (χ3n) is 3.61. The average Bonchev–Trinajstić information content (AvgIpc) is 2.18. The van der Waals surface area contributed by atoms with Gasteiger partial charge in [0, 0.05) is 5.92 Å². The first kappa shape index (κ1) is 10.4. The Hall–Kier alpha value is -1.08. The van der Waals surface area contributed by atoms with Crippen molar-refractivity contribution in [3.05, 3.63) is 47.5 Å². The van der Waals surface area contributed by atoms with Crippen molar-refractivity contribution in [2.24, 2.45) is 0 Å². The maximum atomic E-state index is 10.4. The van der Waals surface area contributed by atoms with Crippen LogP contribution in [-0.4, -0.2) is 10.7 Å². The van der Waals surface area contributed by atoms with Crippen molar-refractivity contribution < 1.29 is 5.11 Å². The molecule has 0 heterocycles. The van der Waals surface area contributed by atoms with E-state index < -0.39 is 5.60 Å². The molecule has 2 rings (SSSR count). The van der Waals surface area contributed by atoms with E-state index in [-0.39, 0.29) is 5.92 Å². The standard InChI is InChI=1S/C14H18O/c1-10(2)14(15)9-8-13(14)12-6-4-11(3)5-7-12/h4-7,13,15H,1,8-9H2,2-3H3. The quantitative estimate of drug-likeness (QED) is 0.730. The molecule has 0 radical (unpaired) electrons. The summed E-state index contributed by atoms with van der Waals surface area (Å²) in [6.07, 6.45) is 1.91. The lowest BCUT2D eigenvalue weighted by molar-refractivity contribution is -0.0232. The SMILES string of the molecule is C=C(C)C1(O)CCC1c1ccc(C)cc1. The molecule has 15 heavy (non-hydrogen) atoms. The van der Waals surface area contributed by atoms with Crippen LogP contribution in [0.2, 0.25) is 0 Å². The zero-order valence-corrected chi connectivity index (χ0v) is 9.46. The molecule has 0 spiro atoms. The van der Waals surface area contributed by atoms with E-state index in [2.05, 4.69) is 37.8 Å². The smallest absolute Gasteiger partial charge is 0.0919 e. The molecule has 1 aliphatic carbocycles. The van der Waals surface area contributed by atoms with Gasteiger partial charge in [0.15, 0.2) is 0 Å². The van der Waals surface area contributed by atoms with Crippen LogP contribution in [0, 0.1) is 6.92 Å². The summed E-state index contributed by atoms with van der Waals surface area (Å²) in [5, 5.41) is 10.4. The Morgan fingerprint density at radius 1 is 1.40 bits per heavy atom. The number of aliphatic hydroxyl groups is 1. The van der Waals surface area contributed by atoms with E-state index in [0.717, 1.165) is 18.4 Å². The fourth-order valence-electron chi connectivity index (χ4n) is 2.31. The number of hydrogen-bond donors (Lipinski definition) is 1. The van der Waals surface area contributed by atoms with Crippen LogP contribution in [0.1, 0.15) is 36.8 Å². The Labute approximate surface area is 91.4 Å². The van der Waals surface area contributed by atoms with Gasteiger partial charge in [-0.1, -0.05) is 36.4 Å². The molecular formula is C14H18O. The Morgan fingerprint density at radius 2 is 2.00 bits per heavy atom. The molecule has 0 aliphatic heterocycles. The Kier molecular flexibility index (Phi) is 2.43. The predicted octanol–water partition coefficient (Wildman–Crippen LogP) is 3.18. The minimum Gasteiger partial charge on any atom is -0.385 e. The van der Waals surface area contributed by atoms with Crippen LogP contribution in [0.25, 0.3) is 0 Å². The van der Waals surface area contributed by atoms with Gasteiger partial charge in [0.2, 0.25) is 0 Å². The normalized spacial score (nSPS) is 29.7. The molecule has 2 atom stereocenters. The third-order valence-corrected chi connectivity index (χ3v) is 3.61. The van der Waals surface area contributed by atoms with Crippen LogP contribution in [0.5, 0.6) is 0 Å². The number of aryl methyl sites for hydroxylation is 1. The average molecular weight is 202 g/mol. The molecule has 1 aliphatic rings. The summed E-state index contributed by atoms with van der Waals surface area (Å²) in [5.41, 5.74) is 2.73. The van der Waals surface area contributed by atoms with Gasteiger partial charge in [0.25, 0.3) is 0 Å². The molecule has 0 saturated heterocycles. The van der Waals surface area contributed by atoms with E-state index in [4.69, 9.17) is 0 Å². The van der Waals surface area contributed by atoms with E-state index >= 15 is 0 Å². The molecule has 80 valence electrons. The van der Waals surface area contributed by atoms with Gasteiger partial charge >= 0.3 is 0 Å². The summed E-state index contributed by atoms with van der Waals surface area (Å²) in [4.78, 5) is 0. The maximum Gasteiger partial charge on any atom is 0.0919 e. The van der Waals surface area contributed by atoms with Crippen molar-refractivity contribution in [2.75, 3.05) is 0 Å². The Balaban J connectivity index is 2.26. The van der Waals surface area contributed by atoms with Crippen molar-refractivity contribution in [3.8, 4) is 0 Å². The highest BCUT2D eigenvalue weighted by atomic mass is 16.3. The lowest BCUT2D eigenvalue weighted by Crippen LogP contribution is -2.45. The van der Waals surface area contributed by atoms with Crippen LogP contribution in [-0.2, 0) is 0 Å². The first-order chi connectivity index (χ1) is 7.04. The molecule has 0 aromatic heterocycles. The fraction of sp³-hybridized carbons (Fsp3) is 0.429. The molecule has 0 bridgehead atoms. The molecule has 1 nitrogen and oxygen atoms in total. The highest BCUT2D eigenvalue weighted by Crippen LogP contribution is 2.49. The zero-order chi connectivity index (χ0) is 11.1. The molecule has 1 N–H and O–H groups in total. The van der Waals surface area contributed by atoms with Gasteiger partial charge in [-0.2, -0.15) is 0 Å². The van der Waals surface area contributed by atoms with Crippen LogP contribution < -0.4 is 0 Å². The van der Waals surface area contributed by atoms with Crippen molar-refractivity contribution in [1.29, 1.82) is 0 Å². The second-order valence-corrected chi connectivity index (χ2v) is 4.71. The third kappa shape index (κ3) is 1.61. The summed E-state index contributed by atoms with van der Waals surface area (Å²) in [7, 11) is 0. The van der Waals surface area contributed by atoms with E-state index in [1.807, 2.05) is 6.92 Å². The number of benzene rings is 1. The summed E-state index contributed by atoms with van der Waals surface area (Å²) in [6.45, 7) is 7.89. The van der Waals surface area contributed by atoms with Crippen LogP contribution >= 0.6 is 0 Å². The van der Waals surface area contributed by atoms with Gasteiger partial charge in [0.1, 0.15) is 0 Å². The fourth-order valence-corrected chi connectivity index (χ4v) is 2.31. The van der Waals surface area contributed by atoms with Gasteiger partial charge in [-0.15, -0.1) is 0 Å².